The molecule has 448 valence electrons. The number of likely N-dealkylation sites (N-methyl/N-ethyl adjacent to an activating group) is 1. The van der Waals surface area contributed by atoms with Crippen LogP contribution in [-0.4, -0.2) is 190 Å². The van der Waals surface area contributed by atoms with E-state index < -0.39 is 151 Å². The van der Waals surface area contributed by atoms with E-state index in [-0.39, 0.29) is 44.0 Å². The van der Waals surface area contributed by atoms with Gasteiger partial charge in [0.2, 0.25) is 12.2 Å². The van der Waals surface area contributed by atoms with E-state index in [1.165, 1.54) is 44.3 Å². The summed E-state index contributed by atoms with van der Waals surface area (Å²) in [5.74, 6) is -0.970. The Labute approximate surface area is 459 Å². The highest BCUT2D eigenvalue weighted by molar-refractivity contribution is 5.81. The molecule has 3 rings (SSSR count). The van der Waals surface area contributed by atoms with E-state index in [1.807, 2.05) is 0 Å². The molecule has 6 amide bonds. The zero-order valence-electron chi connectivity index (χ0n) is 47.5. The molecule has 0 unspecified atom stereocenters. The zero-order valence-corrected chi connectivity index (χ0v) is 47.5. The number of nitrogens with zero attached hydrogens (tertiary/aromatic N) is 2. The van der Waals surface area contributed by atoms with Crippen molar-refractivity contribution in [2.75, 3.05) is 33.4 Å². The highest BCUT2D eigenvalue weighted by atomic mass is 16.7. The number of nitro benzene ring substituents is 1. The van der Waals surface area contributed by atoms with Gasteiger partial charge in [0.15, 0.2) is 6.29 Å². The van der Waals surface area contributed by atoms with Gasteiger partial charge in [0.05, 0.1) is 48.8 Å². The number of aliphatic hydroxyl groups is 4. The second-order valence-electron chi connectivity index (χ2n) is 22.8. The predicted molar refractivity (Wildman–Crippen MR) is 279 cm³/mol. The molecule has 0 saturated heterocycles. The monoisotopic (exact) mass is 1130 g/mol. The summed E-state index contributed by atoms with van der Waals surface area (Å²) in [6, 6.07) is 0.274. The number of hydrogen-bond acceptors (Lipinski definition) is 21. The van der Waals surface area contributed by atoms with E-state index >= 15 is 0 Å². The Morgan fingerprint density at radius 3 is 1.86 bits per heavy atom. The van der Waals surface area contributed by atoms with Crippen LogP contribution in [0.2, 0.25) is 0 Å². The summed E-state index contributed by atoms with van der Waals surface area (Å²) in [5.41, 5.74) is -3.52. The number of amides is 6. The summed E-state index contributed by atoms with van der Waals surface area (Å²) in [7, 11) is 1.34. The van der Waals surface area contributed by atoms with E-state index in [9.17, 15) is 59.3 Å². The molecule has 1 aromatic rings. The fourth-order valence-corrected chi connectivity index (χ4v) is 7.53. The maximum absolute atomic E-state index is 13.9. The average molecular weight is 1130 g/mol. The Morgan fingerprint density at radius 1 is 0.772 bits per heavy atom. The largest absolute Gasteiger partial charge is 0.465 e. The van der Waals surface area contributed by atoms with Crippen LogP contribution in [0.1, 0.15) is 115 Å². The minimum Gasteiger partial charge on any atom is -0.465 e. The molecule has 1 aliphatic heterocycles. The Hall–Kier alpha value is -6.30. The first-order chi connectivity index (χ1) is 36.4. The third-order valence-electron chi connectivity index (χ3n) is 11.2. The molecule has 79 heavy (non-hydrogen) atoms. The predicted octanol–water partition coefficient (Wildman–Crippen LogP) is 3.48. The van der Waals surface area contributed by atoms with Crippen molar-refractivity contribution >= 4 is 42.1 Å². The first-order valence-corrected chi connectivity index (χ1v) is 25.7. The quantitative estimate of drug-likeness (QED) is 0.0347. The van der Waals surface area contributed by atoms with Crippen molar-refractivity contribution in [2.24, 2.45) is 0 Å². The number of rotatable bonds is 22. The molecule has 1 heterocycles. The fraction of sp³-hybridized carbons (Fsp3) is 0.725. The molecule has 2 aliphatic rings. The van der Waals surface area contributed by atoms with Gasteiger partial charge in [-0.15, -0.1) is 0 Å². The molecule has 9 N–H and O–H groups in total. The topological polar surface area (TPSA) is 373 Å². The number of ether oxygens (including phenoxy) is 9. The summed E-state index contributed by atoms with van der Waals surface area (Å²) in [6.45, 7) is 19.1. The third-order valence-corrected chi connectivity index (χ3v) is 11.2. The summed E-state index contributed by atoms with van der Waals surface area (Å²) >= 11 is 0. The number of carbonyl (C=O) groups is 6. The lowest BCUT2D eigenvalue weighted by Crippen LogP contribution is -2.68. The lowest BCUT2D eigenvalue weighted by Gasteiger charge is -2.47. The number of benzene rings is 1. The van der Waals surface area contributed by atoms with Gasteiger partial charge in [-0.2, -0.15) is 0 Å². The fourth-order valence-electron chi connectivity index (χ4n) is 7.53. The Kier molecular flexibility index (Phi) is 24.8. The van der Waals surface area contributed by atoms with Crippen molar-refractivity contribution in [1.82, 2.24) is 31.5 Å². The number of nitro groups is 1. The first-order valence-electron chi connectivity index (χ1n) is 25.7. The first kappa shape index (κ1) is 67.0. The summed E-state index contributed by atoms with van der Waals surface area (Å²) < 4.78 is 52.1. The third kappa shape index (κ3) is 23.9. The van der Waals surface area contributed by atoms with Crippen molar-refractivity contribution in [3.05, 3.63) is 51.8 Å². The highest BCUT2D eigenvalue weighted by Crippen LogP contribution is 2.32. The number of aliphatic hydroxyl groups excluding tert-OH is 4. The van der Waals surface area contributed by atoms with Crippen molar-refractivity contribution in [3.63, 3.8) is 0 Å². The summed E-state index contributed by atoms with van der Waals surface area (Å²) in [4.78, 5) is 90.8. The maximum Gasteiger partial charge on any atom is 0.410 e. The van der Waals surface area contributed by atoms with Crippen LogP contribution in [0.15, 0.2) is 36.1 Å². The molecule has 0 spiro atoms. The lowest BCUT2D eigenvalue weighted by molar-refractivity contribution is -0.384. The number of carbonyl (C=O) groups excluding carboxylic acids is 6. The summed E-state index contributed by atoms with van der Waals surface area (Å²) in [6.07, 6.45) is -16.1. The van der Waals surface area contributed by atoms with Gasteiger partial charge >= 0.3 is 30.5 Å². The molecule has 0 radical (unpaired) electrons. The van der Waals surface area contributed by atoms with E-state index in [2.05, 4.69) is 26.6 Å². The van der Waals surface area contributed by atoms with Crippen LogP contribution < -0.4 is 26.6 Å². The van der Waals surface area contributed by atoms with Crippen LogP contribution in [0.4, 0.5) is 29.7 Å². The second kappa shape index (κ2) is 29.2. The SMILES string of the molecule is C[C@@H]([C@@H](O)[C@H](OCCO)O[C@@H]1[C@@H](O)[C@H](O[C@H]2OC(CNC(=O)OCc3ccc([N+](=O)[O-])cc3)=CC[C@H]2NC(=O)OC(C)(C)C)[C@@H](NC(=O)OC(C)(C)C)C[C@H]1NC(=O)[C@@H](O)CCNC(=O)OC(C)(C)C)N(C)C(=O)OC(C)(C)C. The van der Waals surface area contributed by atoms with Crippen molar-refractivity contribution in [2.45, 2.75) is 206 Å². The molecule has 0 aromatic heterocycles. The number of nitrogens with one attached hydrogen (secondary N) is 5. The maximum atomic E-state index is 13.9. The van der Waals surface area contributed by atoms with Crippen LogP contribution in [0.3, 0.4) is 0 Å². The Morgan fingerprint density at radius 2 is 1.32 bits per heavy atom. The molecule has 28 heteroatoms. The van der Waals surface area contributed by atoms with Gasteiger partial charge in [-0.3, -0.25) is 14.9 Å². The van der Waals surface area contributed by atoms with Crippen molar-refractivity contribution < 1.29 is 96.7 Å². The normalized spacial score (nSPS) is 22.2. The van der Waals surface area contributed by atoms with E-state index in [0.717, 1.165) is 4.90 Å². The molecule has 28 nitrogen and oxygen atoms in total. The van der Waals surface area contributed by atoms with Gasteiger partial charge < -0.3 is 94.5 Å². The number of alkyl carbamates (subject to hydrolysis) is 4. The van der Waals surface area contributed by atoms with Gasteiger partial charge in [0, 0.05) is 25.7 Å². The van der Waals surface area contributed by atoms with Gasteiger partial charge in [-0.05, 0) is 133 Å². The minimum atomic E-state index is -2.01. The molecule has 1 saturated carbocycles. The van der Waals surface area contributed by atoms with Gasteiger partial charge in [0.25, 0.3) is 5.69 Å². The van der Waals surface area contributed by atoms with Crippen LogP contribution >= 0.6 is 0 Å². The highest BCUT2D eigenvalue weighted by Gasteiger charge is 2.51. The molecule has 1 fully saturated rings. The van der Waals surface area contributed by atoms with Crippen molar-refractivity contribution in [1.29, 1.82) is 0 Å². The van der Waals surface area contributed by atoms with Gasteiger partial charge in [0.1, 0.15) is 65.3 Å². The minimum absolute atomic E-state index is 0.0443. The van der Waals surface area contributed by atoms with E-state index in [1.54, 1.807) is 83.1 Å². The lowest BCUT2D eigenvalue weighted by atomic mass is 9.83. The van der Waals surface area contributed by atoms with Crippen LogP contribution in [0.25, 0.3) is 0 Å². The van der Waals surface area contributed by atoms with Gasteiger partial charge in [-0.25, -0.2) is 24.0 Å². The Balaban J connectivity index is 2.10. The van der Waals surface area contributed by atoms with Crippen molar-refractivity contribution in [3.8, 4) is 0 Å². The molecule has 11 atom stereocenters. The average Bonchev–Trinajstić information content (AvgIpc) is 3.31. The zero-order chi connectivity index (χ0) is 59.8. The molecular weight excluding hydrogens is 1050 g/mol. The number of hydrogen-bond donors (Lipinski definition) is 9. The summed E-state index contributed by atoms with van der Waals surface area (Å²) in [5, 5.41) is 69.6. The second-order valence-corrected chi connectivity index (χ2v) is 22.8. The molecule has 1 aliphatic carbocycles. The standard InChI is InChI=1S/C51H83N7O21/c1-28(57(14)47(68)79-51(11,12)13)36(61)42(71-24-23-59)75-38-33(54-40(63)35(60)21-22-52-44(65)76-48(2,3)4)25-34(56-46(67)78-50(8,9)10)39(37(38)62)74-41-32(55-45(66)77-49(5,6)7)20-19-31(73-41)26-53-43(64)72-27-29-15-17-30(18-16-29)58(69)70/h15-19,28,32-39,41-42,59-62H,20-27H2,1-14H3,(H,52,65)(H,53,64)(H,54,63)(H,55,66)(H,56,67)/t28-,32+,33+,34-,35-,36+,37+,38-,39+,41+,42+/m0/s1. The Bertz CT molecular complexity index is 2230. The molecular formula is C51H83N7O21. The van der Waals surface area contributed by atoms with Crippen LogP contribution in [0, 0.1) is 10.1 Å². The molecule has 0 bridgehead atoms. The van der Waals surface area contributed by atoms with E-state index in [4.69, 9.17) is 42.6 Å². The van der Waals surface area contributed by atoms with Gasteiger partial charge in [-0.1, -0.05) is 0 Å². The van der Waals surface area contributed by atoms with Crippen LogP contribution in [0.5, 0.6) is 0 Å². The smallest absolute Gasteiger partial charge is 0.410 e. The van der Waals surface area contributed by atoms with Crippen LogP contribution in [-0.2, 0) is 54.0 Å². The molecule has 1 aromatic carbocycles. The number of non-ortho nitro benzene ring substituents is 1. The van der Waals surface area contributed by atoms with E-state index in [0.29, 0.717) is 5.56 Å².